The minimum atomic E-state index is -0.286. The van der Waals surface area contributed by atoms with Crippen LogP contribution in [0.4, 0.5) is 5.69 Å². The van der Waals surface area contributed by atoms with Crippen molar-refractivity contribution < 1.29 is 4.42 Å². The van der Waals surface area contributed by atoms with Gasteiger partial charge in [0.2, 0.25) is 0 Å². The fraction of sp³-hybridized carbons (Fsp3) is 0.429. The molecule has 2 heterocycles. The zero-order chi connectivity index (χ0) is 14.9. The zero-order valence-electron chi connectivity index (χ0n) is 12.0. The number of hydrogen-bond donors (Lipinski definition) is 1. The highest BCUT2D eigenvalue weighted by atomic mass is 35.5. The summed E-state index contributed by atoms with van der Waals surface area (Å²) in [5, 5.41) is 7.43. The minimum absolute atomic E-state index is 0.0244. The maximum Gasteiger partial charge on any atom is 0.287 e. The first-order valence-corrected chi connectivity index (χ1v) is 6.91. The van der Waals surface area contributed by atoms with Crippen molar-refractivity contribution in [2.45, 2.75) is 40.3 Å². The summed E-state index contributed by atoms with van der Waals surface area (Å²) in [5.74, 6) is 1.71. The highest BCUT2D eigenvalue weighted by molar-refractivity contribution is 6.32. The van der Waals surface area contributed by atoms with Gasteiger partial charge in [-0.25, -0.2) is 4.68 Å². The summed E-state index contributed by atoms with van der Waals surface area (Å²) in [5.41, 5.74) is 1.29. The lowest BCUT2D eigenvalue weighted by atomic mass is 10.1. The van der Waals surface area contributed by atoms with Gasteiger partial charge in [-0.1, -0.05) is 11.6 Å². The van der Waals surface area contributed by atoms with E-state index in [0.717, 1.165) is 17.1 Å². The van der Waals surface area contributed by atoms with E-state index in [9.17, 15) is 4.79 Å². The van der Waals surface area contributed by atoms with Crippen LogP contribution >= 0.6 is 11.6 Å². The van der Waals surface area contributed by atoms with Gasteiger partial charge >= 0.3 is 0 Å². The molecule has 0 radical (unpaired) electrons. The molecule has 0 aliphatic carbocycles. The van der Waals surface area contributed by atoms with Crippen molar-refractivity contribution in [2.75, 3.05) is 5.32 Å². The Balaban J connectivity index is 2.29. The molecule has 1 atom stereocenters. The third kappa shape index (κ3) is 2.72. The van der Waals surface area contributed by atoms with Crippen LogP contribution in [0.1, 0.15) is 37.0 Å². The van der Waals surface area contributed by atoms with Crippen LogP contribution in [-0.4, -0.2) is 9.78 Å². The molecule has 0 fully saturated rings. The lowest BCUT2D eigenvalue weighted by molar-refractivity contribution is 0.500. The van der Waals surface area contributed by atoms with Crippen LogP contribution in [0.15, 0.2) is 21.5 Å². The van der Waals surface area contributed by atoms with Crippen molar-refractivity contribution in [1.82, 2.24) is 9.78 Å². The van der Waals surface area contributed by atoms with Gasteiger partial charge in [0.05, 0.1) is 17.9 Å². The maximum atomic E-state index is 11.9. The Morgan fingerprint density at radius 1 is 1.50 bits per heavy atom. The predicted octanol–water partition coefficient (Wildman–Crippen LogP) is 3.30. The van der Waals surface area contributed by atoms with E-state index >= 15 is 0 Å². The molecule has 108 valence electrons. The van der Waals surface area contributed by atoms with E-state index in [1.54, 1.807) is 6.20 Å². The highest BCUT2D eigenvalue weighted by Crippen LogP contribution is 2.26. The van der Waals surface area contributed by atoms with E-state index in [1.165, 1.54) is 4.68 Å². The topological polar surface area (TPSA) is 60.1 Å². The molecule has 0 saturated heterocycles. The average Bonchev–Trinajstić information content (AvgIpc) is 2.74. The normalized spacial score (nSPS) is 12.4. The van der Waals surface area contributed by atoms with Gasteiger partial charge in [-0.15, -0.1) is 0 Å². The molecular weight excluding hydrogens is 278 g/mol. The van der Waals surface area contributed by atoms with Crippen LogP contribution in [0.2, 0.25) is 5.02 Å². The first-order valence-electron chi connectivity index (χ1n) is 6.53. The Morgan fingerprint density at radius 2 is 2.20 bits per heavy atom. The molecule has 2 aromatic heterocycles. The van der Waals surface area contributed by atoms with Crippen LogP contribution in [0.3, 0.4) is 0 Å². The number of aryl methyl sites for hydroxylation is 3. The van der Waals surface area contributed by atoms with Crippen LogP contribution in [0.25, 0.3) is 0 Å². The third-order valence-electron chi connectivity index (χ3n) is 3.20. The summed E-state index contributed by atoms with van der Waals surface area (Å²) < 4.78 is 6.83. The summed E-state index contributed by atoms with van der Waals surface area (Å²) in [7, 11) is 0. The number of nitrogens with one attached hydrogen (secondary N) is 1. The van der Waals surface area contributed by atoms with Crippen molar-refractivity contribution in [3.63, 3.8) is 0 Å². The summed E-state index contributed by atoms with van der Waals surface area (Å²) in [4.78, 5) is 11.9. The molecule has 2 rings (SSSR count). The van der Waals surface area contributed by atoms with Gasteiger partial charge < -0.3 is 9.73 Å². The summed E-state index contributed by atoms with van der Waals surface area (Å²) in [6.07, 6.45) is 1.58. The number of nitrogens with zero attached hydrogens (tertiary/aromatic N) is 2. The largest absolute Gasteiger partial charge is 0.466 e. The predicted molar refractivity (Wildman–Crippen MR) is 79.4 cm³/mol. The second-order valence-corrected chi connectivity index (χ2v) is 5.11. The summed E-state index contributed by atoms with van der Waals surface area (Å²) in [6, 6.07) is 1.95. The van der Waals surface area contributed by atoms with Gasteiger partial charge in [0.25, 0.3) is 5.56 Å². The number of anilines is 1. The van der Waals surface area contributed by atoms with Crippen LogP contribution < -0.4 is 10.9 Å². The van der Waals surface area contributed by atoms with E-state index in [0.29, 0.717) is 12.2 Å². The van der Waals surface area contributed by atoms with Gasteiger partial charge in [0, 0.05) is 12.1 Å². The number of halogens is 1. The molecule has 20 heavy (non-hydrogen) atoms. The van der Waals surface area contributed by atoms with E-state index in [-0.39, 0.29) is 16.6 Å². The van der Waals surface area contributed by atoms with Crippen LogP contribution in [-0.2, 0) is 6.54 Å². The van der Waals surface area contributed by atoms with Gasteiger partial charge in [-0.05, 0) is 33.8 Å². The molecule has 2 aromatic rings. The molecular formula is C14H18ClN3O2. The lowest BCUT2D eigenvalue weighted by Gasteiger charge is -2.15. The van der Waals surface area contributed by atoms with Crippen LogP contribution in [0, 0.1) is 13.8 Å². The van der Waals surface area contributed by atoms with Crippen LogP contribution in [0.5, 0.6) is 0 Å². The standard InChI is InChI=1S/C14H18ClN3O2/c1-5-18-14(19)13(15)12(7-16-18)17-9(3)11-6-8(2)20-10(11)4/h6-7,9,17H,5H2,1-4H3. The van der Waals surface area contributed by atoms with Gasteiger partial charge in [-0.3, -0.25) is 4.79 Å². The summed E-state index contributed by atoms with van der Waals surface area (Å²) >= 11 is 6.09. The molecule has 5 nitrogen and oxygen atoms in total. The molecule has 1 N–H and O–H groups in total. The second-order valence-electron chi connectivity index (χ2n) is 4.73. The molecule has 0 aromatic carbocycles. The van der Waals surface area contributed by atoms with Crippen molar-refractivity contribution in [3.8, 4) is 0 Å². The third-order valence-corrected chi connectivity index (χ3v) is 3.57. The van der Waals surface area contributed by atoms with E-state index in [2.05, 4.69) is 10.4 Å². The van der Waals surface area contributed by atoms with E-state index in [1.807, 2.05) is 33.8 Å². The second kappa shape index (κ2) is 5.71. The maximum absolute atomic E-state index is 11.9. The fourth-order valence-corrected chi connectivity index (χ4v) is 2.38. The van der Waals surface area contributed by atoms with Crippen molar-refractivity contribution in [1.29, 1.82) is 0 Å². The summed E-state index contributed by atoms with van der Waals surface area (Å²) in [6.45, 7) is 8.14. The molecule has 0 aliphatic rings. The molecule has 1 unspecified atom stereocenters. The van der Waals surface area contributed by atoms with Crippen molar-refractivity contribution in [3.05, 3.63) is 44.7 Å². The van der Waals surface area contributed by atoms with Gasteiger partial charge in [0.15, 0.2) is 0 Å². The Bertz CT molecular complexity index is 676. The molecule has 0 amide bonds. The minimum Gasteiger partial charge on any atom is -0.466 e. The molecule has 0 spiro atoms. The Labute approximate surface area is 122 Å². The van der Waals surface area contributed by atoms with Crippen molar-refractivity contribution in [2.24, 2.45) is 0 Å². The van der Waals surface area contributed by atoms with Gasteiger partial charge in [-0.2, -0.15) is 5.10 Å². The Kier molecular flexibility index (Phi) is 4.18. The zero-order valence-corrected chi connectivity index (χ0v) is 12.8. The number of furan rings is 1. The quantitative estimate of drug-likeness (QED) is 0.940. The van der Waals surface area contributed by atoms with E-state index in [4.69, 9.17) is 16.0 Å². The first kappa shape index (κ1) is 14.7. The monoisotopic (exact) mass is 295 g/mol. The Hall–Kier alpha value is -1.75. The fourth-order valence-electron chi connectivity index (χ4n) is 2.18. The molecule has 6 heteroatoms. The molecule has 0 saturated carbocycles. The first-order chi connectivity index (χ1) is 9.43. The number of aromatic nitrogens is 2. The Morgan fingerprint density at radius 3 is 2.75 bits per heavy atom. The number of hydrogen-bond acceptors (Lipinski definition) is 4. The van der Waals surface area contributed by atoms with E-state index < -0.39 is 0 Å². The SMILES string of the molecule is CCn1ncc(NC(C)c2cc(C)oc2C)c(Cl)c1=O. The lowest BCUT2D eigenvalue weighted by Crippen LogP contribution is -2.23. The average molecular weight is 296 g/mol. The highest BCUT2D eigenvalue weighted by Gasteiger charge is 2.15. The smallest absolute Gasteiger partial charge is 0.287 e. The number of rotatable bonds is 4. The van der Waals surface area contributed by atoms with Gasteiger partial charge in [0.1, 0.15) is 16.5 Å². The molecule has 0 bridgehead atoms. The van der Waals surface area contributed by atoms with Crippen molar-refractivity contribution >= 4 is 17.3 Å². The molecule has 0 aliphatic heterocycles.